The van der Waals surface area contributed by atoms with Crippen molar-refractivity contribution in [3.63, 3.8) is 0 Å². The number of rotatable bonds is 2. The van der Waals surface area contributed by atoms with Crippen molar-refractivity contribution in [1.82, 2.24) is 0 Å². The van der Waals surface area contributed by atoms with Gasteiger partial charge in [-0.3, -0.25) is 0 Å². The van der Waals surface area contributed by atoms with E-state index in [2.05, 4.69) is 63.7 Å². The number of hydrogen-bond acceptors (Lipinski definition) is 2. The van der Waals surface area contributed by atoms with Crippen molar-refractivity contribution in [1.29, 1.82) is 0 Å². The molecular weight excluding hydrogens is 324 g/mol. The predicted octanol–water partition coefficient (Wildman–Crippen LogP) is 5.27. The first-order valence-electron chi connectivity index (χ1n) is 6.78. The van der Waals surface area contributed by atoms with Gasteiger partial charge in [-0.15, -0.1) is 23.5 Å². The van der Waals surface area contributed by atoms with E-state index >= 15 is 0 Å². The van der Waals surface area contributed by atoms with Gasteiger partial charge in [0.05, 0.1) is 4.08 Å². The van der Waals surface area contributed by atoms with Crippen LogP contribution >= 0.6 is 39.5 Å². The van der Waals surface area contributed by atoms with Crippen LogP contribution in [0.4, 0.5) is 0 Å². The molecule has 3 heteroatoms. The van der Waals surface area contributed by atoms with Crippen molar-refractivity contribution in [3.05, 3.63) is 34.3 Å². The molecule has 1 heterocycles. The Labute approximate surface area is 126 Å². The van der Waals surface area contributed by atoms with E-state index in [0.717, 1.165) is 5.92 Å². The Bertz CT molecular complexity index is 445. The van der Waals surface area contributed by atoms with Crippen LogP contribution in [0, 0.1) is 11.3 Å². The summed E-state index contributed by atoms with van der Waals surface area (Å²) in [5.41, 5.74) is 2.21. The van der Waals surface area contributed by atoms with Crippen LogP contribution in [-0.2, 0) is 4.08 Å². The summed E-state index contributed by atoms with van der Waals surface area (Å²) in [6.45, 7) is 0. The van der Waals surface area contributed by atoms with Gasteiger partial charge in [0.1, 0.15) is 0 Å². The molecule has 0 aromatic heterocycles. The third-order valence-electron chi connectivity index (χ3n) is 4.86. The van der Waals surface area contributed by atoms with Crippen molar-refractivity contribution in [2.75, 3.05) is 11.5 Å². The zero-order valence-corrected chi connectivity index (χ0v) is 13.5. The fourth-order valence-electron chi connectivity index (χ4n) is 3.86. The maximum atomic E-state index is 3.56. The minimum absolute atomic E-state index is 0.376. The molecule has 1 aromatic rings. The summed E-state index contributed by atoms with van der Waals surface area (Å²) in [4.78, 5) is 0. The molecule has 0 nitrogen and oxygen atoms in total. The quantitative estimate of drug-likeness (QED) is 0.718. The molecule has 3 aliphatic carbocycles. The Morgan fingerprint density at radius 3 is 2.11 bits per heavy atom. The maximum Gasteiger partial charge on any atom is 0.0916 e. The van der Waals surface area contributed by atoms with E-state index < -0.39 is 0 Å². The number of benzene rings is 1. The second-order valence-corrected chi connectivity index (χ2v) is 9.73. The van der Waals surface area contributed by atoms with E-state index in [0.29, 0.717) is 9.49 Å². The topological polar surface area (TPSA) is 0 Å². The monoisotopic (exact) mass is 340 g/mol. The van der Waals surface area contributed by atoms with Crippen LogP contribution in [0.25, 0.3) is 0 Å². The first-order valence-corrected chi connectivity index (χ1v) is 9.55. The Morgan fingerprint density at radius 2 is 1.61 bits per heavy atom. The van der Waals surface area contributed by atoms with Gasteiger partial charge >= 0.3 is 0 Å². The molecule has 18 heavy (non-hydrogen) atoms. The third-order valence-corrected chi connectivity index (χ3v) is 9.23. The second kappa shape index (κ2) is 4.20. The Morgan fingerprint density at radius 1 is 1.00 bits per heavy atom. The SMILES string of the molecule is Brc1ccc(C2(C34CC(C3)C4)SCCCS2)cc1. The smallest absolute Gasteiger partial charge is 0.0916 e. The molecule has 5 rings (SSSR count). The molecular formula is C15H17BrS2. The van der Waals surface area contributed by atoms with Crippen LogP contribution in [-0.4, -0.2) is 11.5 Å². The van der Waals surface area contributed by atoms with Gasteiger partial charge in [0.25, 0.3) is 0 Å². The van der Waals surface area contributed by atoms with E-state index in [1.165, 1.54) is 41.7 Å². The molecule has 4 aliphatic rings. The molecule has 0 radical (unpaired) electrons. The zero-order valence-electron chi connectivity index (χ0n) is 10.3. The molecule has 1 aromatic carbocycles. The first kappa shape index (κ1) is 12.2. The molecule has 96 valence electrons. The molecule has 1 saturated heterocycles. The average Bonchev–Trinajstić information content (AvgIpc) is 2.27. The van der Waals surface area contributed by atoms with E-state index in [4.69, 9.17) is 0 Å². The van der Waals surface area contributed by atoms with E-state index in [9.17, 15) is 0 Å². The highest BCUT2D eigenvalue weighted by atomic mass is 79.9. The summed E-state index contributed by atoms with van der Waals surface area (Å²) < 4.78 is 1.57. The Balaban J connectivity index is 1.76. The van der Waals surface area contributed by atoms with Crippen molar-refractivity contribution >= 4 is 39.5 Å². The van der Waals surface area contributed by atoms with Gasteiger partial charge in [-0.05, 0) is 66.2 Å². The number of thioether (sulfide) groups is 2. The highest BCUT2D eigenvalue weighted by Gasteiger charge is 2.68. The molecule has 0 amide bonds. The summed E-state index contributed by atoms with van der Waals surface area (Å²) in [5.74, 6) is 3.76. The van der Waals surface area contributed by atoms with Crippen LogP contribution in [0.15, 0.2) is 28.7 Å². The lowest BCUT2D eigenvalue weighted by Crippen LogP contribution is -2.61. The zero-order chi connectivity index (χ0) is 12.2. The van der Waals surface area contributed by atoms with Gasteiger partial charge in [0, 0.05) is 4.47 Å². The summed E-state index contributed by atoms with van der Waals surface area (Å²) >= 11 is 8.04. The van der Waals surface area contributed by atoms with Gasteiger partial charge in [-0.2, -0.15) is 0 Å². The van der Waals surface area contributed by atoms with Crippen LogP contribution in [0.3, 0.4) is 0 Å². The molecule has 0 atom stereocenters. The van der Waals surface area contributed by atoms with Crippen LogP contribution in [0.5, 0.6) is 0 Å². The van der Waals surface area contributed by atoms with Gasteiger partial charge in [-0.25, -0.2) is 0 Å². The minimum Gasteiger partial charge on any atom is -0.139 e. The van der Waals surface area contributed by atoms with Gasteiger partial charge < -0.3 is 0 Å². The predicted molar refractivity (Wildman–Crippen MR) is 85.1 cm³/mol. The highest BCUT2D eigenvalue weighted by molar-refractivity contribution is 9.10. The third kappa shape index (κ3) is 1.53. The lowest BCUT2D eigenvalue weighted by molar-refractivity contribution is -0.116. The van der Waals surface area contributed by atoms with E-state index in [1.807, 2.05) is 0 Å². The normalized spacial score (nSPS) is 36.6. The number of hydrogen-bond donors (Lipinski definition) is 0. The molecule has 2 bridgehead atoms. The van der Waals surface area contributed by atoms with Crippen LogP contribution in [0.2, 0.25) is 0 Å². The highest BCUT2D eigenvalue weighted by Crippen LogP contribution is 2.78. The second-order valence-electron chi connectivity index (χ2n) is 5.93. The van der Waals surface area contributed by atoms with Gasteiger partial charge in [0.2, 0.25) is 0 Å². The largest absolute Gasteiger partial charge is 0.139 e. The summed E-state index contributed by atoms with van der Waals surface area (Å²) in [7, 11) is 0. The lowest BCUT2D eigenvalue weighted by Gasteiger charge is -2.70. The van der Waals surface area contributed by atoms with E-state index in [-0.39, 0.29) is 0 Å². The fraction of sp³-hybridized carbons (Fsp3) is 0.600. The van der Waals surface area contributed by atoms with Crippen LogP contribution in [0.1, 0.15) is 31.2 Å². The summed E-state index contributed by atoms with van der Waals surface area (Å²) in [5, 5.41) is 0. The molecule has 4 fully saturated rings. The molecule has 3 saturated carbocycles. The minimum atomic E-state index is 0.376. The Hall–Kier alpha value is 0.400. The molecule has 0 spiro atoms. The van der Waals surface area contributed by atoms with E-state index in [1.54, 1.807) is 5.56 Å². The average molecular weight is 341 g/mol. The van der Waals surface area contributed by atoms with Crippen molar-refractivity contribution < 1.29 is 0 Å². The lowest BCUT2D eigenvalue weighted by atomic mass is 9.42. The van der Waals surface area contributed by atoms with Crippen molar-refractivity contribution in [2.24, 2.45) is 11.3 Å². The molecule has 0 N–H and O–H groups in total. The van der Waals surface area contributed by atoms with Crippen molar-refractivity contribution in [2.45, 2.75) is 29.8 Å². The molecule has 1 aliphatic heterocycles. The van der Waals surface area contributed by atoms with Gasteiger partial charge in [0.15, 0.2) is 0 Å². The summed E-state index contributed by atoms with van der Waals surface area (Å²) in [6.07, 6.45) is 5.85. The number of halogens is 1. The Kier molecular flexibility index (Phi) is 2.84. The van der Waals surface area contributed by atoms with Gasteiger partial charge in [-0.1, -0.05) is 28.1 Å². The molecule has 0 unspecified atom stereocenters. The maximum absolute atomic E-state index is 3.56. The fourth-order valence-corrected chi connectivity index (χ4v) is 8.01. The van der Waals surface area contributed by atoms with Crippen LogP contribution < -0.4 is 0 Å². The first-order chi connectivity index (χ1) is 8.74. The standard InChI is InChI=1S/C15H17BrS2/c16-13-4-2-12(3-5-13)15(17-6-1-7-18-15)14-8-11(9-14)10-14/h2-5,11H,1,6-10H2. The summed E-state index contributed by atoms with van der Waals surface area (Å²) in [6, 6.07) is 9.15. The van der Waals surface area contributed by atoms with Crippen molar-refractivity contribution in [3.8, 4) is 0 Å².